The number of nitrogens with zero attached hydrogens (tertiary/aromatic N) is 1. The fourth-order valence-corrected chi connectivity index (χ4v) is 3.88. The molecule has 1 fully saturated rings. The molecule has 21 heavy (non-hydrogen) atoms. The number of aliphatic hydroxyl groups excluding tert-OH is 1. The van der Waals surface area contributed by atoms with Crippen molar-refractivity contribution in [2.45, 2.75) is 45.1 Å². The summed E-state index contributed by atoms with van der Waals surface area (Å²) in [6.07, 6.45) is 4.67. The lowest BCUT2D eigenvalue weighted by atomic mass is 9.85. The van der Waals surface area contributed by atoms with Crippen LogP contribution in [0.2, 0.25) is 0 Å². The van der Waals surface area contributed by atoms with Gasteiger partial charge in [-0.2, -0.15) is 0 Å². The first kappa shape index (κ1) is 16.3. The topological polar surface area (TPSA) is 35.5 Å². The number of nitrogens with one attached hydrogen (secondary N) is 1. The van der Waals surface area contributed by atoms with Crippen molar-refractivity contribution in [3.8, 4) is 0 Å². The third-order valence-corrected chi connectivity index (χ3v) is 5.31. The molecule has 0 radical (unpaired) electrons. The highest BCUT2D eigenvalue weighted by Crippen LogP contribution is 2.37. The molecule has 3 heteroatoms. The zero-order valence-corrected chi connectivity index (χ0v) is 13.9. The lowest BCUT2D eigenvalue weighted by Gasteiger charge is -2.35. The Bertz CT molecular complexity index is 468. The molecule has 2 unspecified atom stereocenters. The number of likely N-dealkylation sites (N-methyl/N-ethyl adjacent to an activating group) is 1. The molecule has 1 aliphatic carbocycles. The van der Waals surface area contributed by atoms with Gasteiger partial charge in [0.1, 0.15) is 0 Å². The van der Waals surface area contributed by atoms with Crippen molar-refractivity contribution < 1.29 is 5.11 Å². The fraction of sp³-hybridized carbons (Fsp3) is 0.667. The van der Waals surface area contributed by atoms with E-state index in [1.165, 1.54) is 29.7 Å². The molecule has 1 aromatic carbocycles. The Labute approximate surface area is 129 Å². The van der Waals surface area contributed by atoms with Crippen LogP contribution in [0.15, 0.2) is 18.2 Å². The Morgan fingerprint density at radius 1 is 1.38 bits per heavy atom. The Hall–Kier alpha value is -1.06. The third-order valence-electron chi connectivity index (χ3n) is 5.31. The first-order valence-corrected chi connectivity index (χ1v) is 8.10. The van der Waals surface area contributed by atoms with E-state index in [2.05, 4.69) is 49.3 Å². The molecular weight excluding hydrogens is 260 g/mol. The Morgan fingerprint density at radius 3 is 2.76 bits per heavy atom. The first-order valence-electron chi connectivity index (χ1n) is 8.10. The number of benzene rings is 1. The Morgan fingerprint density at radius 2 is 2.14 bits per heavy atom. The van der Waals surface area contributed by atoms with Crippen molar-refractivity contribution in [3.05, 3.63) is 29.3 Å². The van der Waals surface area contributed by atoms with Gasteiger partial charge in [-0.25, -0.2) is 0 Å². The van der Waals surface area contributed by atoms with Gasteiger partial charge in [-0.05, 0) is 57.7 Å². The van der Waals surface area contributed by atoms with E-state index in [4.69, 9.17) is 0 Å². The molecule has 0 aromatic heterocycles. The molecule has 1 aliphatic rings. The number of anilines is 1. The second-order valence-electron chi connectivity index (χ2n) is 6.65. The minimum Gasteiger partial charge on any atom is -0.394 e. The van der Waals surface area contributed by atoms with Gasteiger partial charge < -0.3 is 15.3 Å². The van der Waals surface area contributed by atoms with Crippen LogP contribution >= 0.6 is 0 Å². The molecule has 3 nitrogen and oxygen atoms in total. The Balaban J connectivity index is 1.99. The van der Waals surface area contributed by atoms with Crippen molar-refractivity contribution >= 4 is 5.69 Å². The highest BCUT2D eigenvalue weighted by molar-refractivity contribution is 5.53. The lowest BCUT2D eigenvalue weighted by Crippen LogP contribution is -2.50. The summed E-state index contributed by atoms with van der Waals surface area (Å²) >= 11 is 0. The summed E-state index contributed by atoms with van der Waals surface area (Å²) in [4.78, 5) is 2.35. The van der Waals surface area contributed by atoms with E-state index in [0.29, 0.717) is 5.92 Å². The van der Waals surface area contributed by atoms with Crippen molar-refractivity contribution in [1.29, 1.82) is 0 Å². The molecule has 0 saturated heterocycles. The average molecular weight is 290 g/mol. The van der Waals surface area contributed by atoms with Crippen LogP contribution in [0.25, 0.3) is 0 Å². The normalized spacial score (nSPS) is 25.3. The average Bonchev–Trinajstić information content (AvgIpc) is 2.88. The van der Waals surface area contributed by atoms with Crippen molar-refractivity contribution in [3.63, 3.8) is 0 Å². The number of aryl methyl sites for hydroxylation is 2. The summed E-state index contributed by atoms with van der Waals surface area (Å²) in [7, 11) is 4.16. The zero-order valence-electron chi connectivity index (χ0n) is 13.9. The largest absolute Gasteiger partial charge is 0.394 e. The summed E-state index contributed by atoms with van der Waals surface area (Å²) < 4.78 is 0. The summed E-state index contributed by atoms with van der Waals surface area (Å²) in [5.41, 5.74) is 3.92. The standard InChI is InChI=1S/C18H30N2O/c1-14-7-8-17(15(2)12-14)20(4)11-9-16-6-5-10-18(16,13-21)19-3/h7-8,12,16,19,21H,5-6,9-11,13H2,1-4H3. The van der Waals surface area contributed by atoms with Crippen molar-refractivity contribution in [2.24, 2.45) is 5.92 Å². The van der Waals surface area contributed by atoms with E-state index in [9.17, 15) is 5.11 Å². The van der Waals surface area contributed by atoms with Crippen molar-refractivity contribution in [2.75, 3.05) is 32.1 Å². The number of rotatable bonds is 6. The zero-order chi connectivity index (χ0) is 15.5. The van der Waals surface area contributed by atoms with Crippen molar-refractivity contribution in [1.82, 2.24) is 5.32 Å². The summed E-state index contributed by atoms with van der Waals surface area (Å²) in [5.74, 6) is 0.570. The second-order valence-corrected chi connectivity index (χ2v) is 6.65. The number of hydrogen-bond acceptors (Lipinski definition) is 3. The van der Waals surface area contributed by atoms with Gasteiger partial charge in [0.15, 0.2) is 0 Å². The van der Waals surface area contributed by atoms with Gasteiger partial charge in [-0.15, -0.1) is 0 Å². The van der Waals surface area contributed by atoms with Gasteiger partial charge in [-0.1, -0.05) is 24.1 Å². The molecule has 1 aromatic rings. The maximum Gasteiger partial charge on any atom is 0.0615 e. The van der Waals surface area contributed by atoms with E-state index >= 15 is 0 Å². The van der Waals surface area contributed by atoms with Gasteiger partial charge in [0.05, 0.1) is 6.61 Å². The number of hydrogen-bond donors (Lipinski definition) is 2. The molecule has 0 amide bonds. The highest BCUT2D eigenvalue weighted by Gasteiger charge is 2.40. The second kappa shape index (κ2) is 6.80. The fourth-order valence-electron chi connectivity index (χ4n) is 3.88. The quantitative estimate of drug-likeness (QED) is 0.845. The summed E-state index contributed by atoms with van der Waals surface area (Å²) in [6.45, 7) is 5.61. The summed E-state index contributed by atoms with van der Waals surface area (Å²) in [5, 5.41) is 13.2. The van der Waals surface area contributed by atoms with E-state index in [1.807, 2.05) is 7.05 Å². The molecule has 1 saturated carbocycles. The minimum atomic E-state index is -0.0524. The van der Waals surface area contributed by atoms with E-state index in [0.717, 1.165) is 19.4 Å². The van der Waals surface area contributed by atoms with E-state index < -0.39 is 0 Å². The maximum atomic E-state index is 9.77. The molecule has 2 rings (SSSR count). The minimum absolute atomic E-state index is 0.0524. The lowest BCUT2D eigenvalue weighted by molar-refractivity contribution is 0.128. The molecule has 118 valence electrons. The van der Waals surface area contributed by atoms with Crippen LogP contribution in [0, 0.1) is 19.8 Å². The molecule has 2 atom stereocenters. The smallest absolute Gasteiger partial charge is 0.0615 e. The molecule has 2 N–H and O–H groups in total. The van der Waals surface area contributed by atoms with E-state index in [-0.39, 0.29) is 12.1 Å². The Kier molecular flexibility index (Phi) is 5.28. The van der Waals surface area contributed by atoms with Crippen LogP contribution in [0.4, 0.5) is 5.69 Å². The molecule has 0 spiro atoms. The van der Waals surface area contributed by atoms with Gasteiger partial charge in [0, 0.05) is 24.8 Å². The summed E-state index contributed by atoms with van der Waals surface area (Å²) in [6, 6.07) is 6.64. The monoisotopic (exact) mass is 290 g/mol. The van der Waals surface area contributed by atoms with Crippen LogP contribution in [0.1, 0.15) is 36.8 Å². The maximum absolute atomic E-state index is 9.77. The van der Waals surface area contributed by atoms with Crippen LogP contribution in [0.3, 0.4) is 0 Å². The molecular formula is C18H30N2O. The van der Waals surface area contributed by atoms with Crippen LogP contribution < -0.4 is 10.2 Å². The third kappa shape index (κ3) is 3.41. The van der Waals surface area contributed by atoms with Gasteiger partial charge in [0.2, 0.25) is 0 Å². The van der Waals surface area contributed by atoms with Crippen LogP contribution in [-0.2, 0) is 0 Å². The predicted octanol–water partition coefficient (Wildman–Crippen LogP) is 2.88. The predicted molar refractivity (Wildman–Crippen MR) is 90.0 cm³/mol. The van der Waals surface area contributed by atoms with Gasteiger partial charge in [0.25, 0.3) is 0 Å². The molecule has 0 heterocycles. The number of aliphatic hydroxyl groups is 1. The van der Waals surface area contributed by atoms with Gasteiger partial charge >= 0.3 is 0 Å². The van der Waals surface area contributed by atoms with E-state index in [1.54, 1.807) is 0 Å². The molecule has 0 bridgehead atoms. The highest BCUT2D eigenvalue weighted by atomic mass is 16.3. The van der Waals surface area contributed by atoms with Crippen LogP contribution in [0.5, 0.6) is 0 Å². The SMILES string of the molecule is CNC1(CO)CCCC1CCN(C)c1ccc(C)cc1C. The first-order chi connectivity index (χ1) is 10.0. The molecule has 0 aliphatic heterocycles. The van der Waals surface area contributed by atoms with Crippen LogP contribution in [-0.4, -0.2) is 37.9 Å². The van der Waals surface area contributed by atoms with Gasteiger partial charge in [-0.3, -0.25) is 0 Å².